The van der Waals surface area contributed by atoms with E-state index >= 15 is 0 Å². The van der Waals surface area contributed by atoms with Crippen molar-refractivity contribution in [3.8, 4) is 0 Å². The molecule has 0 spiro atoms. The molecule has 0 bridgehead atoms. The zero-order valence-corrected chi connectivity index (χ0v) is 8.29. The highest BCUT2D eigenvalue weighted by molar-refractivity contribution is 5.80. The highest BCUT2D eigenvalue weighted by atomic mass is 16.3. The molecule has 0 saturated carbocycles. The molecular formula is C9H19NO2. The monoisotopic (exact) mass is 173 g/mol. The Balaban J connectivity index is 4.59. The maximum absolute atomic E-state index is 11.0. The largest absolute Gasteiger partial charge is 0.396 e. The third-order valence-electron chi connectivity index (χ3n) is 2.56. The quantitative estimate of drug-likeness (QED) is 0.659. The molecule has 0 heterocycles. The summed E-state index contributed by atoms with van der Waals surface area (Å²) in [5, 5.41) is 9.07. The third kappa shape index (κ3) is 2.21. The Labute approximate surface area is 74.0 Å². The lowest BCUT2D eigenvalue weighted by atomic mass is 9.73. The van der Waals surface area contributed by atoms with Gasteiger partial charge in [0.05, 0.1) is 0 Å². The number of amides is 1. The van der Waals surface area contributed by atoms with Gasteiger partial charge < -0.3 is 10.8 Å². The minimum atomic E-state index is -0.622. The first-order valence-corrected chi connectivity index (χ1v) is 4.24. The number of nitrogens with two attached hydrogens (primary N) is 1. The Morgan fingerprint density at radius 3 is 2.00 bits per heavy atom. The van der Waals surface area contributed by atoms with Crippen molar-refractivity contribution in [2.24, 2.45) is 23.0 Å². The van der Waals surface area contributed by atoms with Gasteiger partial charge >= 0.3 is 0 Å². The van der Waals surface area contributed by atoms with E-state index in [1.54, 1.807) is 13.8 Å². The van der Waals surface area contributed by atoms with E-state index in [0.29, 0.717) is 0 Å². The Hall–Kier alpha value is -0.570. The molecule has 0 aromatic rings. The standard InChI is InChI=1S/C9H19NO2/c1-6(2)7(5-11)9(3,4)8(10)12/h6-7,11H,5H2,1-4H3,(H2,10,12)/t7-/m1/s1. The van der Waals surface area contributed by atoms with Gasteiger partial charge in [-0.3, -0.25) is 4.79 Å². The van der Waals surface area contributed by atoms with Crippen LogP contribution in [-0.2, 0) is 4.79 Å². The van der Waals surface area contributed by atoms with E-state index in [0.717, 1.165) is 0 Å². The van der Waals surface area contributed by atoms with Gasteiger partial charge in [-0.15, -0.1) is 0 Å². The van der Waals surface area contributed by atoms with Crippen LogP contribution in [0.2, 0.25) is 0 Å². The van der Waals surface area contributed by atoms with Crippen LogP contribution in [0.25, 0.3) is 0 Å². The topological polar surface area (TPSA) is 63.3 Å². The molecule has 0 aromatic heterocycles. The second-order valence-corrected chi connectivity index (χ2v) is 4.12. The van der Waals surface area contributed by atoms with E-state index in [1.165, 1.54) is 0 Å². The average molecular weight is 173 g/mol. The molecule has 0 aliphatic heterocycles. The van der Waals surface area contributed by atoms with Crippen LogP contribution in [0.1, 0.15) is 27.7 Å². The molecule has 3 nitrogen and oxygen atoms in total. The summed E-state index contributed by atoms with van der Waals surface area (Å²) in [7, 11) is 0. The Morgan fingerprint density at radius 2 is 1.92 bits per heavy atom. The van der Waals surface area contributed by atoms with Crippen molar-refractivity contribution in [2.45, 2.75) is 27.7 Å². The maximum Gasteiger partial charge on any atom is 0.223 e. The number of rotatable bonds is 4. The first-order valence-electron chi connectivity index (χ1n) is 4.24. The first-order chi connectivity index (χ1) is 5.34. The van der Waals surface area contributed by atoms with Crippen molar-refractivity contribution in [2.75, 3.05) is 6.61 Å². The zero-order chi connectivity index (χ0) is 9.94. The average Bonchev–Trinajstić information content (AvgIpc) is 1.86. The molecule has 0 fully saturated rings. The summed E-state index contributed by atoms with van der Waals surface area (Å²) in [6.07, 6.45) is 0. The maximum atomic E-state index is 11.0. The fourth-order valence-corrected chi connectivity index (χ4v) is 1.46. The van der Waals surface area contributed by atoms with Gasteiger partial charge in [-0.25, -0.2) is 0 Å². The highest BCUT2D eigenvalue weighted by Gasteiger charge is 2.36. The summed E-state index contributed by atoms with van der Waals surface area (Å²) >= 11 is 0. The summed E-state index contributed by atoms with van der Waals surface area (Å²) in [4.78, 5) is 11.0. The Kier molecular flexibility index (Phi) is 3.71. The first kappa shape index (κ1) is 11.4. The lowest BCUT2D eigenvalue weighted by molar-refractivity contribution is -0.130. The van der Waals surface area contributed by atoms with Gasteiger partial charge in [0.1, 0.15) is 0 Å². The Morgan fingerprint density at radius 1 is 1.50 bits per heavy atom. The highest BCUT2D eigenvalue weighted by Crippen LogP contribution is 2.31. The van der Waals surface area contributed by atoms with Gasteiger partial charge in [0.15, 0.2) is 0 Å². The van der Waals surface area contributed by atoms with E-state index in [4.69, 9.17) is 10.8 Å². The number of primary amides is 1. The van der Waals surface area contributed by atoms with Gasteiger partial charge in [-0.1, -0.05) is 27.7 Å². The molecule has 0 aliphatic rings. The van der Waals surface area contributed by atoms with Crippen molar-refractivity contribution in [3.63, 3.8) is 0 Å². The summed E-state index contributed by atoms with van der Waals surface area (Å²) in [6.45, 7) is 7.51. The molecule has 0 aromatic carbocycles. The number of carbonyl (C=O) groups excluding carboxylic acids is 1. The predicted octanol–water partition coefficient (Wildman–Crippen LogP) is 0.762. The van der Waals surface area contributed by atoms with Crippen LogP contribution in [0.15, 0.2) is 0 Å². The summed E-state index contributed by atoms with van der Waals surface area (Å²) in [5.74, 6) is -0.150. The van der Waals surface area contributed by atoms with E-state index in [1.807, 2.05) is 13.8 Å². The van der Waals surface area contributed by atoms with Crippen LogP contribution in [0.4, 0.5) is 0 Å². The van der Waals surface area contributed by atoms with E-state index < -0.39 is 5.41 Å². The fraction of sp³-hybridized carbons (Fsp3) is 0.889. The van der Waals surface area contributed by atoms with Gasteiger partial charge in [-0.2, -0.15) is 0 Å². The predicted molar refractivity (Wildman–Crippen MR) is 48.4 cm³/mol. The molecule has 1 atom stereocenters. The molecule has 3 N–H and O–H groups in total. The van der Waals surface area contributed by atoms with Crippen LogP contribution in [-0.4, -0.2) is 17.6 Å². The molecule has 0 rings (SSSR count). The molecule has 72 valence electrons. The molecule has 0 unspecified atom stereocenters. The summed E-state index contributed by atoms with van der Waals surface area (Å²) in [6, 6.07) is 0. The van der Waals surface area contributed by atoms with Crippen LogP contribution < -0.4 is 5.73 Å². The van der Waals surface area contributed by atoms with Gasteiger partial charge in [-0.05, 0) is 11.8 Å². The molecule has 3 heteroatoms. The van der Waals surface area contributed by atoms with Crippen LogP contribution >= 0.6 is 0 Å². The minimum Gasteiger partial charge on any atom is -0.396 e. The van der Waals surface area contributed by atoms with Crippen molar-refractivity contribution < 1.29 is 9.90 Å². The molecule has 0 radical (unpaired) electrons. The molecular weight excluding hydrogens is 154 g/mol. The number of hydrogen-bond acceptors (Lipinski definition) is 2. The van der Waals surface area contributed by atoms with Gasteiger partial charge in [0.2, 0.25) is 5.91 Å². The van der Waals surface area contributed by atoms with Crippen molar-refractivity contribution in [1.29, 1.82) is 0 Å². The minimum absolute atomic E-state index is 0.00755. The molecule has 1 amide bonds. The normalized spacial score (nSPS) is 14.8. The smallest absolute Gasteiger partial charge is 0.223 e. The number of aliphatic hydroxyl groups is 1. The number of hydrogen-bond donors (Lipinski definition) is 2. The van der Waals surface area contributed by atoms with Crippen LogP contribution in [0.3, 0.4) is 0 Å². The lowest BCUT2D eigenvalue weighted by Crippen LogP contribution is -2.42. The third-order valence-corrected chi connectivity index (χ3v) is 2.56. The summed E-state index contributed by atoms with van der Waals surface area (Å²) < 4.78 is 0. The molecule has 0 saturated heterocycles. The Bertz CT molecular complexity index is 164. The van der Waals surface area contributed by atoms with Gasteiger partial charge in [0.25, 0.3) is 0 Å². The second kappa shape index (κ2) is 3.90. The van der Waals surface area contributed by atoms with E-state index in [9.17, 15) is 4.79 Å². The van der Waals surface area contributed by atoms with E-state index in [-0.39, 0.29) is 24.3 Å². The SMILES string of the molecule is CC(C)[C@@H](CO)C(C)(C)C(N)=O. The number of carbonyl (C=O) groups is 1. The van der Waals surface area contributed by atoms with E-state index in [2.05, 4.69) is 0 Å². The van der Waals surface area contributed by atoms with Crippen molar-refractivity contribution in [1.82, 2.24) is 0 Å². The zero-order valence-electron chi connectivity index (χ0n) is 8.29. The molecule has 12 heavy (non-hydrogen) atoms. The van der Waals surface area contributed by atoms with Gasteiger partial charge in [0, 0.05) is 12.0 Å². The number of aliphatic hydroxyl groups excluding tert-OH is 1. The van der Waals surface area contributed by atoms with Crippen LogP contribution in [0.5, 0.6) is 0 Å². The van der Waals surface area contributed by atoms with Crippen molar-refractivity contribution in [3.05, 3.63) is 0 Å². The lowest BCUT2D eigenvalue weighted by Gasteiger charge is -2.32. The molecule has 0 aliphatic carbocycles. The summed E-state index contributed by atoms with van der Waals surface area (Å²) in [5.41, 5.74) is 4.61. The fourth-order valence-electron chi connectivity index (χ4n) is 1.46. The van der Waals surface area contributed by atoms with Crippen LogP contribution in [0, 0.1) is 17.3 Å². The second-order valence-electron chi connectivity index (χ2n) is 4.12. The van der Waals surface area contributed by atoms with Crippen molar-refractivity contribution >= 4 is 5.91 Å².